The van der Waals surface area contributed by atoms with Crippen LogP contribution >= 0.6 is 0 Å². The number of nitrogens with one attached hydrogen (secondary N) is 1. The maximum Gasteiger partial charge on any atom is 0.416 e. The average Bonchev–Trinajstić information content (AvgIpc) is 3.08. The summed E-state index contributed by atoms with van der Waals surface area (Å²) in [5, 5.41) is 7.66. The van der Waals surface area contributed by atoms with Crippen molar-refractivity contribution in [3.63, 3.8) is 0 Å². The van der Waals surface area contributed by atoms with Crippen molar-refractivity contribution in [1.82, 2.24) is 14.8 Å². The van der Waals surface area contributed by atoms with Crippen LogP contribution in [-0.2, 0) is 6.18 Å². The molecule has 0 amide bonds. The summed E-state index contributed by atoms with van der Waals surface area (Å²) in [4.78, 5) is 12.5. The standard InChI is InChI=1S/C19H12F3N3O/c20-19(21,22)15-3-1-12(2-4-15)13-7-8-25(18(26)10-13)16-5-6-17-14(9-16)11-23-24-17/h1-11H,(H,23,24). The Bertz CT molecular complexity index is 1140. The second-order valence-electron chi connectivity index (χ2n) is 5.84. The summed E-state index contributed by atoms with van der Waals surface area (Å²) >= 11 is 0. The number of benzene rings is 2. The number of pyridine rings is 1. The summed E-state index contributed by atoms with van der Waals surface area (Å²) in [5.74, 6) is 0. The molecule has 0 atom stereocenters. The van der Waals surface area contributed by atoms with Gasteiger partial charge in [0.05, 0.1) is 17.3 Å². The van der Waals surface area contributed by atoms with E-state index in [-0.39, 0.29) is 5.56 Å². The van der Waals surface area contributed by atoms with Gasteiger partial charge in [-0.25, -0.2) is 0 Å². The first-order chi connectivity index (χ1) is 12.4. The third-order valence-corrected chi connectivity index (χ3v) is 4.17. The lowest BCUT2D eigenvalue weighted by Crippen LogP contribution is -2.16. The molecule has 0 fully saturated rings. The predicted molar refractivity (Wildman–Crippen MR) is 92.1 cm³/mol. The summed E-state index contributed by atoms with van der Waals surface area (Å²) in [5.41, 5.74) is 1.66. The van der Waals surface area contributed by atoms with Crippen LogP contribution in [0.4, 0.5) is 13.2 Å². The minimum atomic E-state index is -4.38. The van der Waals surface area contributed by atoms with Crippen molar-refractivity contribution in [2.45, 2.75) is 6.18 Å². The van der Waals surface area contributed by atoms with Gasteiger partial charge in [-0.3, -0.25) is 14.5 Å². The van der Waals surface area contributed by atoms with E-state index in [4.69, 9.17) is 0 Å². The van der Waals surface area contributed by atoms with E-state index in [1.54, 1.807) is 24.5 Å². The lowest BCUT2D eigenvalue weighted by Gasteiger charge is -2.09. The first-order valence-corrected chi connectivity index (χ1v) is 7.76. The van der Waals surface area contributed by atoms with E-state index in [0.717, 1.165) is 23.0 Å². The third kappa shape index (κ3) is 2.88. The number of aromatic nitrogens is 3. The molecular weight excluding hydrogens is 343 g/mol. The fourth-order valence-electron chi connectivity index (χ4n) is 2.80. The molecule has 0 aliphatic carbocycles. The van der Waals surface area contributed by atoms with Crippen molar-refractivity contribution >= 4 is 10.9 Å². The summed E-state index contributed by atoms with van der Waals surface area (Å²) in [6, 6.07) is 13.3. The Morgan fingerprint density at radius 2 is 1.69 bits per heavy atom. The van der Waals surface area contributed by atoms with Crippen LogP contribution in [0, 0.1) is 0 Å². The number of alkyl halides is 3. The lowest BCUT2D eigenvalue weighted by molar-refractivity contribution is -0.137. The monoisotopic (exact) mass is 355 g/mol. The van der Waals surface area contributed by atoms with Gasteiger partial charge in [0.2, 0.25) is 0 Å². The smallest absolute Gasteiger partial charge is 0.284 e. The topological polar surface area (TPSA) is 50.7 Å². The van der Waals surface area contributed by atoms with Crippen molar-refractivity contribution < 1.29 is 13.2 Å². The molecule has 0 aliphatic heterocycles. The van der Waals surface area contributed by atoms with Gasteiger partial charge in [-0.2, -0.15) is 18.3 Å². The molecule has 2 aromatic heterocycles. The second kappa shape index (κ2) is 5.87. The normalized spacial score (nSPS) is 11.8. The molecule has 0 saturated heterocycles. The van der Waals surface area contributed by atoms with Crippen LogP contribution in [0.5, 0.6) is 0 Å². The second-order valence-corrected chi connectivity index (χ2v) is 5.84. The molecule has 4 nitrogen and oxygen atoms in total. The Balaban J connectivity index is 1.70. The van der Waals surface area contributed by atoms with Crippen molar-refractivity contribution in [3.8, 4) is 16.8 Å². The Labute approximate surface area is 145 Å². The number of H-pyrrole nitrogens is 1. The van der Waals surface area contributed by atoms with E-state index in [0.29, 0.717) is 16.8 Å². The van der Waals surface area contributed by atoms with Gasteiger partial charge in [-0.05, 0) is 47.5 Å². The fraction of sp³-hybridized carbons (Fsp3) is 0.0526. The number of nitrogens with zero attached hydrogens (tertiary/aromatic N) is 2. The van der Waals surface area contributed by atoms with E-state index < -0.39 is 11.7 Å². The Morgan fingerprint density at radius 1 is 0.923 bits per heavy atom. The Morgan fingerprint density at radius 3 is 2.38 bits per heavy atom. The van der Waals surface area contributed by atoms with E-state index in [2.05, 4.69) is 10.2 Å². The van der Waals surface area contributed by atoms with E-state index >= 15 is 0 Å². The van der Waals surface area contributed by atoms with Gasteiger partial charge in [-0.15, -0.1) is 0 Å². The number of hydrogen-bond donors (Lipinski definition) is 1. The summed E-state index contributed by atoms with van der Waals surface area (Å²) < 4.78 is 39.4. The molecule has 0 radical (unpaired) electrons. The first kappa shape index (κ1) is 16.1. The Kier molecular flexibility index (Phi) is 3.64. The molecule has 26 heavy (non-hydrogen) atoms. The molecule has 0 aliphatic rings. The molecule has 0 saturated carbocycles. The van der Waals surface area contributed by atoms with Crippen LogP contribution in [0.3, 0.4) is 0 Å². The van der Waals surface area contributed by atoms with Crippen LogP contribution in [0.1, 0.15) is 5.56 Å². The van der Waals surface area contributed by atoms with Crippen LogP contribution in [0.25, 0.3) is 27.7 Å². The molecule has 0 bridgehead atoms. The van der Waals surface area contributed by atoms with Crippen LogP contribution in [0.15, 0.2) is 71.8 Å². The average molecular weight is 355 g/mol. The van der Waals surface area contributed by atoms with Gasteiger partial charge in [-0.1, -0.05) is 12.1 Å². The van der Waals surface area contributed by atoms with Gasteiger partial charge >= 0.3 is 6.18 Å². The van der Waals surface area contributed by atoms with E-state index in [1.807, 2.05) is 12.1 Å². The zero-order valence-electron chi connectivity index (χ0n) is 13.3. The summed E-state index contributed by atoms with van der Waals surface area (Å²) in [7, 11) is 0. The highest BCUT2D eigenvalue weighted by molar-refractivity contribution is 5.80. The number of aromatic amines is 1. The first-order valence-electron chi connectivity index (χ1n) is 7.76. The molecule has 0 spiro atoms. The van der Waals surface area contributed by atoms with Crippen LogP contribution in [-0.4, -0.2) is 14.8 Å². The van der Waals surface area contributed by atoms with Crippen molar-refractivity contribution in [3.05, 3.63) is 82.9 Å². The predicted octanol–water partition coefficient (Wildman–Crippen LogP) is 4.40. The number of halogens is 3. The van der Waals surface area contributed by atoms with Gasteiger partial charge in [0, 0.05) is 23.3 Å². The van der Waals surface area contributed by atoms with E-state index in [9.17, 15) is 18.0 Å². The minimum Gasteiger partial charge on any atom is -0.284 e. The molecule has 130 valence electrons. The third-order valence-electron chi connectivity index (χ3n) is 4.17. The highest BCUT2D eigenvalue weighted by Crippen LogP contribution is 2.30. The van der Waals surface area contributed by atoms with Gasteiger partial charge in [0.15, 0.2) is 0 Å². The minimum absolute atomic E-state index is 0.273. The molecule has 0 unspecified atom stereocenters. The number of hydrogen-bond acceptors (Lipinski definition) is 2. The van der Waals surface area contributed by atoms with Crippen molar-refractivity contribution in [1.29, 1.82) is 0 Å². The maximum atomic E-state index is 12.7. The van der Waals surface area contributed by atoms with E-state index in [1.165, 1.54) is 22.8 Å². The quantitative estimate of drug-likeness (QED) is 0.579. The molecule has 4 aromatic rings. The molecule has 1 N–H and O–H groups in total. The van der Waals surface area contributed by atoms with Gasteiger partial charge < -0.3 is 0 Å². The largest absolute Gasteiger partial charge is 0.416 e. The maximum absolute atomic E-state index is 12.7. The molecule has 7 heteroatoms. The fourth-order valence-corrected chi connectivity index (χ4v) is 2.80. The molecular formula is C19H12F3N3O. The summed E-state index contributed by atoms with van der Waals surface area (Å²) in [6.45, 7) is 0. The zero-order chi connectivity index (χ0) is 18.3. The highest BCUT2D eigenvalue weighted by atomic mass is 19.4. The molecule has 2 aromatic carbocycles. The van der Waals surface area contributed by atoms with Crippen molar-refractivity contribution in [2.75, 3.05) is 0 Å². The number of fused-ring (bicyclic) bond motifs is 1. The highest BCUT2D eigenvalue weighted by Gasteiger charge is 2.29. The zero-order valence-corrected chi connectivity index (χ0v) is 13.3. The molecule has 4 rings (SSSR count). The number of rotatable bonds is 2. The van der Waals surface area contributed by atoms with Gasteiger partial charge in [0.1, 0.15) is 0 Å². The Hall–Kier alpha value is -3.35. The van der Waals surface area contributed by atoms with Gasteiger partial charge in [0.25, 0.3) is 5.56 Å². The summed E-state index contributed by atoms with van der Waals surface area (Å²) in [6.07, 6.45) is -1.11. The van der Waals surface area contributed by atoms with Crippen molar-refractivity contribution in [2.24, 2.45) is 0 Å². The molecule has 2 heterocycles. The van der Waals surface area contributed by atoms with Crippen LogP contribution < -0.4 is 5.56 Å². The SMILES string of the molecule is O=c1cc(-c2ccc(C(F)(F)F)cc2)ccn1-c1ccc2[nH]ncc2c1. The van der Waals surface area contributed by atoms with Crippen LogP contribution in [0.2, 0.25) is 0 Å². The lowest BCUT2D eigenvalue weighted by atomic mass is 10.0.